The van der Waals surface area contributed by atoms with Crippen LogP contribution in [0.2, 0.25) is 0 Å². The highest BCUT2D eigenvalue weighted by Crippen LogP contribution is 2.36. The van der Waals surface area contributed by atoms with Crippen molar-refractivity contribution in [2.45, 2.75) is 59.2 Å². The molecule has 0 saturated carbocycles. The molecule has 4 heteroatoms. The first-order chi connectivity index (χ1) is 11.3. The monoisotopic (exact) mass is 330 g/mol. The second kappa shape index (κ2) is 7.65. The molecule has 0 aromatic heterocycles. The van der Waals surface area contributed by atoms with Crippen LogP contribution in [-0.4, -0.2) is 24.1 Å². The molecular formula is C20H26O4. The molecule has 0 aromatic carbocycles. The van der Waals surface area contributed by atoms with Gasteiger partial charge in [0.25, 0.3) is 0 Å². The van der Waals surface area contributed by atoms with Crippen molar-refractivity contribution in [2.75, 3.05) is 0 Å². The Labute approximate surface area is 143 Å². The Kier molecular flexibility index (Phi) is 5.81. The Morgan fingerprint density at radius 1 is 1.33 bits per heavy atom. The maximum Gasteiger partial charge on any atom is 0.334 e. The number of carbonyl (C=O) groups is 2. The van der Waals surface area contributed by atoms with Crippen molar-refractivity contribution in [3.05, 3.63) is 47.1 Å². The predicted octanol–water partition coefficient (Wildman–Crippen LogP) is 4.04. The van der Waals surface area contributed by atoms with Gasteiger partial charge in [-0.15, -0.1) is 0 Å². The summed E-state index contributed by atoms with van der Waals surface area (Å²) in [7, 11) is 0. The van der Waals surface area contributed by atoms with E-state index in [1.807, 2.05) is 33.8 Å². The van der Waals surface area contributed by atoms with E-state index in [0.29, 0.717) is 12.0 Å². The van der Waals surface area contributed by atoms with Gasteiger partial charge in [0.05, 0.1) is 5.92 Å². The average Bonchev–Trinajstić information content (AvgIpc) is 2.71. The zero-order valence-corrected chi connectivity index (χ0v) is 14.9. The quantitative estimate of drug-likeness (QED) is 0.436. The van der Waals surface area contributed by atoms with Gasteiger partial charge in [-0.1, -0.05) is 29.4 Å². The molecule has 1 saturated heterocycles. The van der Waals surface area contributed by atoms with E-state index in [9.17, 15) is 9.59 Å². The van der Waals surface area contributed by atoms with Gasteiger partial charge in [0.1, 0.15) is 12.2 Å². The molecule has 1 heterocycles. The van der Waals surface area contributed by atoms with E-state index in [-0.39, 0.29) is 5.92 Å². The van der Waals surface area contributed by atoms with Gasteiger partial charge in [0, 0.05) is 18.1 Å². The van der Waals surface area contributed by atoms with Gasteiger partial charge < -0.3 is 9.47 Å². The molecule has 3 atom stereocenters. The zero-order valence-electron chi connectivity index (χ0n) is 14.9. The van der Waals surface area contributed by atoms with Crippen LogP contribution in [0, 0.1) is 5.92 Å². The second-order valence-corrected chi connectivity index (χ2v) is 6.92. The lowest BCUT2D eigenvalue weighted by Crippen LogP contribution is -2.33. The van der Waals surface area contributed by atoms with Gasteiger partial charge in [-0.3, -0.25) is 0 Å². The lowest BCUT2D eigenvalue weighted by atomic mass is 9.85. The first kappa shape index (κ1) is 18.2. The van der Waals surface area contributed by atoms with E-state index >= 15 is 0 Å². The van der Waals surface area contributed by atoms with Crippen LogP contribution in [0.15, 0.2) is 47.1 Å². The number of rotatable bonds is 2. The van der Waals surface area contributed by atoms with Crippen LogP contribution in [0.3, 0.4) is 0 Å². The number of allylic oxidation sites excluding steroid dienone is 3. The van der Waals surface area contributed by atoms with E-state index in [4.69, 9.17) is 9.47 Å². The molecular weight excluding hydrogens is 304 g/mol. The van der Waals surface area contributed by atoms with Crippen molar-refractivity contribution in [1.29, 1.82) is 0 Å². The van der Waals surface area contributed by atoms with Crippen LogP contribution in [0.25, 0.3) is 0 Å². The summed E-state index contributed by atoms with van der Waals surface area (Å²) in [5.74, 6) is -1.14. The summed E-state index contributed by atoms with van der Waals surface area (Å²) in [6.07, 6.45) is 7.15. The standard InChI is InChI=1S/C20H26O4/c1-12(2)9-18(21)23-16-10-13(3)7-6-8-14(4)11-17-19(16)15(5)20(22)24-17/h7,9,11,16-17,19H,5-6,8,10H2,1-4H3. The smallest absolute Gasteiger partial charge is 0.334 e. The summed E-state index contributed by atoms with van der Waals surface area (Å²) in [6.45, 7) is 11.6. The minimum absolute atomic E-state index is 0.344. The minimum atomic E-state index is -0.463. The number of carbonyl (C=O) groups excluding carboxylic acids is 2. The van der Waals surface area contributed by atoms with Crippen LogP contribution in [-0.2, 0) is 19.1 Å². The topological polar surface area (TPSA) is 52.6 Å². The van der Waals surface area contributed by atoms with Gasteiger partial charge in [0.2, 0.25) is 0 Å². The van der Waals surface area contributed by atoms with Gasteiger partial charge in [0.15, 0.2) is 0 Å². The van der Waals surface area contributed by atoms with Crippen molar-refractivity contribution in [1.82, 2.24) is 0 Å². The summed E-state index contributed by atoms with van der Waals surface area (Å²) < 4.78 is 11.2. The molecule has 24 heavy (non-hydrogen) atoms. The maximum atomic E-state index is 12.1. The van der Waals surface area contributed by atoms with Crippen LogP contribution in [0.5, 0.6) is 0 Å². The molecule has 1 aliphatic heterocycles. The molecule has 2 rings (SSSR count). The summed E-state index contributed by atoms with van der Waals surface area (Å²) in [5, 5.41) is 0. The molecule has 130 valence electrons. The van der Waals surface area contributed by atoms with Crippen molar-refractivity contribution in [3.63, 3.8) is 0 Å². The largest absolute Gasteiger partial charge is 0.458 e. The molecule has 4 nitrogen and oxygen atoms in total. The predicted molar refractivity (Wildman–Crippen MR) is 93.2 cm³/mol. The first-order valence-corrected chi connectivity index (χ1v) is 8.36. The van der Waals surface area contributed by atoms with E-state index < -0.39 is 24.1 Å². The van der Waals surface area contributed by atoms with Gasteiger partial charge in [-0.2, -0.15) is 0 Å². The minimum Gasteiger partial charge on any atom is -0.458 e. The molecule has 1 fully saturated rings. The third-order valence-corrected chi connectivity index (χ3v) is 4.34. The highest BCUT2D eigenvalue weighted by Gasteiger charge is 2.44. The highest BCUT2D eigenvalue weighted by molar-refractivity contribution is 5.91. The molecule has 0 N–H and O–H groups in total. The molecule has 0 amide bonds. The fourth-order valence-corrected chi connectivity index (χ4v) is 3.15. The lowest BCUT2D eigenvalue weighted by Gasteiger charge is -2.27. The number of ether oxygens (including phenoxy) is 2. The summed E-state index contributed by atoms with van der Waals surface area (Å²) in [5.41, 5.74) is 3.56. The normalized spacial score (nSPS) is 27.4. The Hall–Kier alpha value is -2.10. The van der Waals surface area contributed by atoms with Crippen LogP contribution in [0.4, 0.5) is 0 Å². The zero-order chi connectivity index (χ0) is 17.9. The lowest BCUT2D eigenvalue weighted by molar-refractivity contribution is -0.146. The second-order valence-electron chi connectivity index (χ2n) is 6.92. The van der Waals surface area contributed by atoms with Gasteiger partial charge >= 0.3 is 11.9 Å². The van der Waals surface area contributed by atoms with Crippen LogP contribution >= 0.6 is 0 Å². The molecule has 1 aliphatic carbocycles. The first-order valence-electron chi connectivity index (χ1n) is 8.36. The fourth-order valence-electron chi connectivity index (χ4n) is 3.15. The molecule has 0 radical (unpaired) electrons. The number of esters is 2. The fraction of sp³-hybridized carbons (Fsp3) is 0.500. The molecule has 3 unspecified atom stereocenters. The van der Waals surface area contributed by atoms with Crippen LogP contribution < -0.4 is 0 Å². The van der Waals surface area contributed by atoms with Crippen molar-refractivity contribution >= 4 is 11.9 Å². The third kappa shape index (κ3) is 4.47. The Balaban J connectivity index is 2.36. The number of hydrogen-bond donors (Lipinski definition) is 0. The van der Waals surface area contributed by atoms with E-state index in [1.165, 1.54) is 6.08 Å². The Bertz CT molecular complexity index is 632. The number of hydrogen-bond acceptors (Lipinski definition) is 4. The molecule has 0 aromatic rings. The number of fused-ring (bicyclic) bond motifs is 1. The summed E-state index contributed by atoms with van der Waals surface area (Å²) in [6, 6.07) is 0. The third-order valence-electron chi connectivity index (χ3n) is 4.34. The van der Waals surface area contributed by atoms with Gasteiger partial charge in [-0.05, 0) is 46.6 Å². The SMILES string of the molecule is C=C1C(=O)OC2C=C(C)CCC=C(C)CC(OC(=O)C=C(C)C)C12. The van der Waals surface area contributed by atoms with Crippen molar-refractivity contribution in [2.24, 2.45) is 5.92 Å². The Morgan fingerprint density at radius 2 is 2.04 bits per heavy atom. The molecule has 2 aliphatic rings. The van der Waals surface area contributed by atoms with E-state index in [0.717, 1.165) is 29.6 Å². The summed E-state index contributed by atoms with van der Waals surface area (Å²) in [4.78, 5) is 24.1. The van der Waals surface area contributed by atoms with Crippen molar-refractivity contribution in [3.8, 4) is 0 Å². The Morgan fingerprint density at radius 3 is 2.71 bits per heavy atom. The molecule has 0 bridgehead atoms. The maximum absolute atomic E-state index is 12.1. The van der Waals surface area contributed by atoms with E-state index in [2.05, 4.69) is 12.7 Å². The summed E-state index contributed by atoms with van der Waals surface area (Å²) >= 11 is 0. The van der Waals surface area contributed by atoms with E-state index in [1.54, 1.807) is 0 Å². The van der Waals surface area contributed by atoms with Gasteiger partial charge in [-0.25, -0.2) is 9.59 Å². The van der Waals surface area contributed by atoms with Crippen molar-refractivity contribution < 1.29 is 19.1 Å². The highest BCUT2D eigenvalue weighted by atomic mass is 16.6. The van der Waals surface area contributed by atoms with Crippen LogP contribution in [0.1, 0.15) is 47.0 Å². The average molecular weight is 330 g/mol. The molecule has 0 spiro atoms.